The van der Waals surface area contributed by atoms with Crippen LogP contribution in [0.3, 0.4) is 0 Å². The molecular formula is C14H21N3O2. The summed E-state index contributed by atoms with van der Waals surface area (Å²) in [5.74, 6) is 1.07. The van der Waals surface area contributed by atoms with Crippen molar-refractivity contribution in [2.45, 2.75) is 51.4 Å². The largest absolute Gasteiger partial charge is 0.390 e. The number of nitrogens with zero attached hydrogens (tertiary/aromatic N) is 3. The quantitative estimate of drug-likeness (QED) is 0.894. The molecule has 5 nitrogen and oxygen atoms in total. The molecule has 3 rings (SSSR count). The van der Waals surface area contributed by atoms with Gasteiger partial charge in [-0.25, -0.2) is 9.97 Å². The number of hydrogen-bond acceptors (Lipinski definition) is 5. The molecule has 3 heterocycles. The fourth-order valence-corrected chi connectivity index (χ4v) is 2.90. The van der Waals surface area contributed by atoms with Crippen molar-refractivity contribution in [3.05, 3.63) is 17.7 Å². The molecule has 0 aliphatic carbocycles. The Labute approximate surface area is 113 Å². The van der Waals surface area contributed by atoms with Crippen LogP contribution in [0.4, 0.5) is 5.69 Å². The van der Waals surface area contributed by atoms with Gasteiger partial charge in [0, 0.05) is 19.0 Å². The first-order chi connectivity index (χ1) is 9.17. The van der Waals surface area contributed by atoms with Gasteiger partial charge in [0.05, 0.1) is 36.4 Å². The molecule has 0 amide bonds. The highest BCUT2D eigenvalue weighted by atomic mass is 16.5. The standard InChI is InChI=1S/C14H21N3O2/c1-9(2)14-15-5-13(12(8-18)16-14)17-6-10-3-4-11(7-17)19-10/h5,9-11,18H,3-4,6-8H2,1-2H3. The molecule has 1 aromatic rings. The van der Waals surface area contributed by atoms with Crippen molar-refractivity contribution in [2.24, 2.45) is 0 Å². The first-order valence-corrected chi connectivity index (χ1v) is 7.04. The van der Waals surface area contributed by atoms with Crippen molar-refractivity contribution < 1.29 is 9.84 Å². The molecule has 2 atom stereocenters. The van der Waals surface area contributed by atoms with E-state index in [1.807, 2.05) is 6.20 Å². The lowest BCUT2D eigenvalue weighted by atomic mass is 10.2. The predicted molar refractivity (Wildman–Crippen MR) is 72.2 cm³/mol. The second-order valence-electron chi connectivity index (χ2n) is 5.74. The Kier molecular flexibility index (Phi) is 3.41. The lowest BCUT2D eigenvalue weighted by Crippen LogP contribution is -2.43. The van der Waals surface area contributed by atoms with E-state index in [0.29, 0.717) is 12.2 Å². The van der Waals surface area contributed by atoms with E-state index < -0.39 is 0 Å². The van der Waals surface area contributed by atoms with Gasteiger partial charge in [-0.15, -0.1) is 0 Å². The highest BCUT2D eigenvalue weighted by Gasteiger charge is 2.34. The van der Waals surface area contributed by atoms with Crippen LogP contribution in [0.15, 0.2) is 6.20 Å². The zero-order chi connectivity index (χ0) is 13.4. The molecule has 0 aromatic carbocycles. The molecular weight excluding hydrogens is 242 g/mol. The van der Waals surface area contributed by atoms with Gasteiger partial charge >= 0.3 is 0 Å². The number of ether oxygens (including phenoxy) is 1. The maximum Gasteiger partial charge on any atom is 0.131 e. The summed E-state index contributed by atoms with van der Waals surface area (Å²) < 4.78 is 5.84. The fourth-order valence-electron chi connectivity index (χ4n) is 2.90. The SMILES string of the molecule is CC(C)c1ncc(N2CC3CCC(C2)O3)c(CO)n1. The van der Waals surface area contributed by atoms with E-state index in [1.54, 1.807) is 0 Å². The third-order valence-electron chi connectivity index (χ3n) is 3.91. The smallest absolute Gasteiger partial charge is 0.131 e. The molecule has 0 radical (unpaired) electrons. The van der Waals surface area contributed by atoms with Crippen LogP contribution in [0.2, 0.25) is 0 Å². The lowest BCUT2D eigenvalue weighted by Gasteiger charge is -2.34. The van der Waals surface area contributed by atoms with Crippen molar-refractivity contribution in [3.8, 4) is 0 Å². The molecule has 104 valence electrons. The van der Waals surface area contributed by atoms with Crippen LogP contribution in [0, 0.1) is 0 Å². The number of aromatic nitrogens is 2. The molecule has 1 N–H and O–H groups in total. The number of rotatable bonds is 3. The third-order valence-corrected chi connectivity index (χ3v) is 3.91. The Morgan fingerprint density at radius 2 is 2.05 bits per heavy atom. The molecule has 0 spiro atoms. The minimum absolute atomic E-state index is 0.0374. The lowest BCUT2D eigenvalue weighted by molar-refractivity contribution is 0.0303. The normalized spacial score (nSPS) is 26.2. The third kappa shape index (κ3) is 2.44. The van der Waals surface area contributed by atoms with Gasteiger partial charge in [0.1, 0.15) is 5.82 Å². The van der Waals surface area contributed by atoms with Crippen LogP contribution >= 0.6 is 0 Å². The molecule has 2 aliphatic heterocycles. The van der Waals surface area contributed by atoms with E-state index in [0.717, 1.165) is 43.1 Å². The van der Waals surface area contributed by atoms with Gasteiger partial charge in [-0.3, -0.25) is 0 Å². The van der Waals surface area contributed by atoms with E-state index in [4.69, 9.17) is 4.74 Å². The van der Waals surface area contributed by atoms with Gasteiger partial charge in [0.25, 0.3) is 0 Å². The zero-order valence-electron chi connectivity index (χ0n) is 11.5. The van der Waals surface area contributed by atoms with Crippen LogP contribution in [0.1, 0.15) is 44.1 Å². The Hall–Kier alpha value is -1.20. The first-order valence-electron chi connectivity index (χ1n) is 7.04. The fraction of sp³-hybridized carbons (Fsp3) is 0.714. The van der Waals surface area contributed by atoms with Gasteiger partial charge in [-0.1, -0.05) is 13.8 Å². The van der Waals surface area contributed by atoms with E-state index in [-0.39, 0.29) is 12.5 Å². The summed E-state index contributed by atoms with van der Waals surface area (Å²) >= 11 is 0. The number of fused-ring (bicyclic) bond motifs is 2. The molecule has 2 bridgehead atoms. The maximum atomic E-state index is 9.55. The molecule has 0 saturated carbocycles. The number of aliphatic hydroxyl groups excluding tert-OH is 1. The van der Waals surface area contributed by atoms with Crippen LogP contribution in [-0.4, -0.2) is 40.4 Å². The van der Waals surface area contributed by atoms with Gasteiger partial charge in [0.15, 0.2) is 0 Å². The van der Waals surface area contributed by atoms with Gasteiger partial charge in [-0.2, -0.15) is 0 Å². The Morgan fingerprint density at radius 1 is 1.37 bits per heavy atom. The summed E-state index contributed by atoms with van der Waals surface area (Å²) in [6.45, 7) is 5.85. The average molecular weight is 263 g/mol. The van der Waals surface area contributed by atoms with Gasteiger partial charge < -0.3 is 14.7 Å². The van der Waals surface area contributed by atoms with E-state index >= 15 is 0 Å². The summed E-state index contributed by atoms with van der Waals surface area (Å²) in [5.41, 5.74) is 1.70. The molecule has 2 saturated heterocycles. The van der Waals surface area contributed by atoms with Crippen molar-refractivity contribution in [1.82, 2.24) is 9.97 Å². The summed E-state index contributed by atoms with van der Waals surface area (Å²) in [6, 6.07) is 0. The van der Waals surface area contributed by atoms with Crippen LogP contribution in [0.25, 0.3) is 0 Å². The molecule has 2 fully saturated rings. The molecule has 19 heavy (non-hydrogen) atoms. The van der Waals surface area contributed by atoms with Crippen LogP contribution in [0.5, 0.6) is 0 Å². The Bertz CT molecular complexity index is 452. The maximum absolute atomic E-state index is 9.55. The molecule has 2 aliphatic rings. The number of aliphatic hydroxyl groups is 1. The summed E-state index contributed by atoms with van der Waals surface area (Å²) in [7, 11) is 0. The summed E-state index contributed by atoms with van der Waals surface area (Å²) in [6.07, 6.45) is 4.80. The zero-order valence-corrected chi connectivity index (χ0v) is 11.5. The summed E-state index contributed by atoms with van der Waals surface area (Å²) in [4.78, 5) is 11.2. The van der Waals surface area contributed by atoms with Crippen molar-refractivity contribution in [2.75, 3.05) is 18.0 Å². The monoisotopic (exact) mass is 263 g/mol. The highest BCUT2D eigenvalue weighted by molar-refractivity contribution is 5.50. The Balaban J connectivity index is 1.87. The van der Waals surface area contributed by atoms with Crippen molar-refractivity contribution in [1.29, 1.82) is 0 Å². The molecule has 1 aromatic heterocycles. The number of anilines is 1. The molecule has 5 heteroatoms. The second kappa shape index (κ2) is 5.06. The predicted octanol–water partition coefficient (Wildman–Crippen LogP) is 1.46. The second-order valence-corrected chi connectivity index (χ2v) is 5.74. The van der Waals surface area contributed by atoms with E-state index in [1.165, 1.54) is 0 Å². The van der Waals surface area contributed by atoms with Gasteiger partial charge in [0.2, 0.25) is 0 Å². The van der Waals surface area contributed by atoms with Crippen molar-refractivity contribution >= 4 is 5.69 Å². The van der Waals surface area contributed by atoms with Crippen LogP contribution < -0.4 is 4.90 Å². The number of hydrogen-bond donors (Lipinski definition) is 1. The average Bonchev–Trinajstić information content (AvgIpc) is 2.76. The first kappa shape index (κ1) is 12.8. The molecule has 2 unspecified atom stereocenters. The van der Waals surface area contributed by atoms with Crippen LogP contribution in [-0.2, 0) is 11.3 Å². The van der Waals surface area contributed by atoms with Crippen molar-refractivity contribution in [3.63, 3.8) is 0 Å². The Morgan fingerprint density at radius 3 is 2.63 bits per heavy atom. The van der Waals surface area contributed by atoms with E-state index in [9.17, 15) is 5.11 Å². The van der Waals surface area contributed by atoms with E-state index in [2.05, 4.69) is 28.7 Å². The minimum atomic E-state index is -0.0374. The van der Waals surface area contributed by atoms with Gasteiger partial charge in [-0.05, 0) is 12.8 Å². The summed E-state index contributed by atoms with van der Waals surface area (Å²) in [5, 5.41) is 9.55. The topological polar surface area (TPSA) is 58.5 Å². The highest BCUT2D eigenvalue weighted by Crippen LogP contribution is 2.31. The number of morpholine rings is 1. The minimum Gasteiger partial charge on any atom is -0.390 e.